The van der Waals surface area contributed by atoms with E-state index in [0.717, 1.165) is 16.8 Å². The number of carbonyl (C=O) groups is 1. The van der Waals surface area contributed by atoms with Crippen molar-refractivity contribution in [1.82, 2.24) is 10.3 Å². The van der Waals surface area contributed by atoms with Crippen LogP contribution in [0.3, 0.4) is 0 Å². The minimum absolute atomic E-state index is 0. The number of hydrogen-bond donors (Lipinski definition) is 2. The number of likely N-dealkylation sites (N-methyl/N-ethyl adjacent to an activating group) is 1. The third-order valence-corrected chi connectivity index (χ3v) is 2.65. The number of nitrogens with zero attached hydrogens (tertiary/aromatic N) is 1. The Morgan fingerprint density at radius 3 is 2.65 bits per heavy atom. The third kappa shape index (κ3) is 3.71. The highest BCUT2D eigenvalue weighted by atomic mass is 35.5. The van der Waals surface area contributed by atoms with Gasteiger partial charge in [0.1, 0.15) is 5.52 Å². The van der Waals surface area contributed by atoms with Crippen LogP contribution in [0.2, 0.25) is 0 Å². The predicted octanol–water partition coefficient (Wildman–Crippen LogP) is 2.71. The molecule has 0 saturated carbocycles. The minimum Gasteiger partial charge on any atom is -0.440 e. The van der Waals surface area contributed by atoms with E-state index < -0.39 is 0 Å². The number of anilines is 1. The second kappa shape index (κ2) is 6.24. The number of aromatic nitrogens is 1. The fraction of sp³-hybridized carbons (Fsp3) is 0.429. The van der Waals surface area contributed by atoms with Gasteiger partial charge < -0.3 is 15.1 Å². The molecule has 1 aromatic heterocycles. The molecule has 2 rings (SSSR count). The number of carbonyl (C=O) groups excluding carboxylic acids is 1. The van der Waals surface area contributed by atoms with Crippen molar-refractivity contribution in [3.63, 3.8) is 0 Å². The van der Waals surface area contributed by atoms with Crippen LogP contribution in [0.25, 0.3) is 11.1 Å². The van der Waals surface area contributed by atoms with E-state index in [2.05, 4.69) is 15.6 Å². The van der Waals surface area contributed by atoms with Gasteiger partial charge in [-0.15, -0.1) is 12.4 Å². The van der Waals surface area contributed by atoms with Crippen LogP contribution in [0, 0.1) is 0 Å². The van der Waals surface area contributed by atoms with Gasteiger partial charge in [-0.1, -0.05) is 20.8 Å². The molecule has 0 bridgehead atoms. The summed E-state index contributed by atoms with van der Waals surface area (Å²) in [7, 11) is 1.73. The second-order valence-corrected chi connectivity index (χ2v) is 5.53. The van der Waals surface area contributed by atoms with Crippen molar-refractivity contribution < 1.29 is 9.21 Å². The van der Waals surface area contributed by atoms with Crippen LogP contribution in [-0.2, 0) is 10.2 Å². The molecule has 6 heteroatoms. The van der Waals surface area contributed by atoms with Crippen LogP contribution in [0.5, 0.6) is 0 Å². The van der Waals surface area contributed by atoms with E-state index in [0.29, 0.717) is 5.89 Å². The highest BCUT2D eigenvalue weighted by molar-refractivity contribution is 5.94. The van der Waals surface area contributed by atoms with Crippen LogP contribution in [0.1, 0.15) is 26.7 Å². The van der Waals surface area contributed by atoms with Gasteiger partial charge >= 0.3 is 0 Å². The number of fused-ring (bicyclic) bond motifs is 1. The van der Waals surface area contributed by atoms with Crippen molar-refractivity contribution >= 4 is 35.1 Å². The largest absolute Gasteiger partial charge is 0.440 e. The van der Waals surface area contributed by atoms with Gasteiger partial charge in [-0.3, -0.25) is 4.79 Å². The zero-order valence-corrected chi connectivity index (χ0v) is 12.9. The zero-order valence-electron chi connectivity index (χ0n) is 12.1. The van der Waals surface area contributed by atoms with Gasteiger partial charge in [-0.25, -0.2) is 4.98 Å². The summed E-state index contributed by atoms with van der Waals surface area (Å²) in [4.78, 5) is 16.0. The molecule has 1 amide bonds. The summed E-state index contributed by atoms with van der Waals surface area (Å²) in [6.07, 6.45) is 0. The molecule has 0 unspecified atom stereocenters. The molecule has 110 valence electrons. The van der Waals surface area contributed by atoms with Crippen molar-refractivity contribution in [2.45, 2.75) is 26.2 Å². The average molecular weight is 298 g/mol. The predicted molar refractivity (Wildman–Crippen MR) is 82.5 cm³/mol. The van der Waals surface area contributed by atoms with E-state index in [1.165, 1.54) is 0 Å². The lowest BCUT2D eigenvalue weighted by Gasteiger charge is -2.11. The Labute approximate surface area is 124 Å². The maximum Gasteiger partial charge on any atom is 0.238 e. The highest BCUT2D eigenvalue weighted by Crippen LogP contribution is 2.27. The number of hydrogen-bond acceptors (Lipinski definition) is 4. The van der Waals surface area contributed by atoms with Gasteiger partial charge in [0, 0.05) is 11.1 Å². The number of amides is 1. The first-order valence-electron chi connectivity index (χ1n) is 6.25. The molecule has 20 heavy (non-hydrogen) atoms. The van der Waals surface area contributed by atoms with Crippen molar-refractivity contribution in [2.75, 3.05) is 18.9 Å². The van der Waals surface area contributed by atoms with E-state index in [9.17, 15) is 4.79 Å². The molecular weight excluding hydrogens is 278 g/mol. The third-order valence-electron chi connectivity index (χ3n) is 2.65. The van der Waals surface area contributed by atoms with Gasteiger partial charge in [0.2, 0.25) is 11.8 Å². The van der Waals surface area contributed by atoms with Crippen LogP contribution < -0.4 is 10.6 Å². The molecule has 0 radical (unpaired) electrons. The Morgan fingerprint density at radius 1 is 1.35 bits per heavy atom. The number of halogens is 1. The Morgan fingerprint density at radius 2 is 2.05 bits per heavy atom. The topological polar surface area (TPSA) is 67.2 Å². The zero-order chi connectivity index (χ0) is 14.0. The van der Waals surface area contributed by atoms with E-state index in [4.69, 9.17) is 4.42 Å². The van der Waals surface area contributed by atoms with Crippen molar-refractivity contribution in [3.8, 4) is 0 Å². The molecule has 0 atom stereocenters. The standard InChI is InChI=1S/C14H19N3O2.ClH/c1-14(2,3)13-17-10-7-9(5-6-11(10)19-13)16-12(18)8-15-4;/h5-7,15H,8H2,1-4H3,(H,16,18);1H. The lowest BCUT2D eigenvalue weighted by molar-refractivity contribution is -0.115. The minimum atomic E-state index is -0.130. The summed E-state index contributed by atoms with van der Waals surface area (Å²) in [5, 5.41) is 5.60. The molecule has 2 N–H and O–H groups in total. The smallest absolute Gasteiger partial charge is 0.238 e. The average Bonchev–Trinajstić information content (AvgIpc) is 2.71. The summed E-state index contributed by atoms with van der Waals surface area (Å²) in [5.74, 6) is 0.614. The molecular formula is C14H20ClN3O2. The maximum absolute atomic E-state index is 11.5. The summed E-state index contributed by atoms with van der Waals surface area (Å²) in [5.41, 5.74) is 2.08. The molecule has 5 nitrogen and oxygen atoms in total. The first-order valence-corrected chi connectivity index (χ1v) is 6.25. The molecule has 0 aliphatic rings. The van der Waals surface area contributed by atoms with Gasteiger partial charge in [0.15, 0.2) is 5.58 Å². The molecule has 1 heterocycles. The maximum atomic E-state index is 11.5. The summed E-state index contributed by atoms with van der Waals surface area (Å²) in [6.45, 7) is 6.43. The van der Waals surface area contributed by atoms with E-state index in [1.54, 1.807) is 7.05 Å². The first-order chi connectivity index (χ1) is 8.90. The van der Waals surface area contributed by atoms with Crippen molar-refractivity contribution in [3.05, 3.63) is 24.1 Å². The Balaban J connectivity index is 0.00000200. The van der Waals surface area contributed by atoms with Gasteiger partial charge in [-0.2, -0.15) is 0 Å². The molecule has 0 saturated heterocycles. The summed E-state index contributed by atoms with van der Waals surface area (Å²) < 4.78 is 5.70. The normalized spacial score (nSPS) is 11.2. The fourth-order valence-electron chi connectivity index (χ4n) is 1.69. The molecule has 0 spiro atoms. The molecule has 0 fully saturated rings. The van der Waals surface area contributed by atoms with Crippen molar-refractivity contribution in [1.29, 1.82) is 0 Å². The lowest BCUT2D eigenvalue weighted by Crippen LogP contribution is -2.24. The van der Waals surface area contributed by atoms with E-state index in [1.807, 2.05) is 39.0 Å². The van der Waals surface area contributed by atoms with Crippen molar-refractivity contribution in [2.24, 2.45) is 0 Å². The summed E-state index contributed by atoms with van der Waals surface area (Å²) in [6, 6.07) is 5.46. The fourth-order valence-corrected chi connectivity index (χ4v) is 1.69. The highest BCUT2D eigenvalue weighted by Gasteiger charge is 2.20. The van der Waals surface area contributed by atoms with Gasteiger partial charge in [-0.05, 0) is 25.2 Å². The molecule has 1 aromatic carbocycles. The van der Waals surface area contributed by atoms with Crippen LogP contribution in [0.15, 0.2) is 22.6 Å². The van der Waals surface area contributed by atoms with Gasteiger partial charge in [0.05, 0.1) is 6.54 Å². The van der Waals surface area contributed by atoms with Gasteiger partial charge in [0.25, 0.3) is 0 Å². The molecule has 0 aliphatic heterocycles. The SMILES string of the molecule is CNCC(=O)Nc1ccc2oc(C(C)(C)C)nc2c1.Cl. The van der Waals surface area contributed by atoms with Crippen LogP contribution >= 0.6 is 12.4 Å². The number of rotatable bonds is 3. The molecule has 2 aromatic rings. The monoisotopic (exact) mass is 297 g/mol. The van der Waals surface area contributed by atoms with Crippen LogP contribution in [0.4, 0.5) is 5.69 Å². The Kier molecular flexibility index (Phi) is 5.14. The first kappa shape index (κ1) is 16.5. The quantitative estimate of drug-likeness (QED) is 0.914. The number of nitrogens with one attached hydrogen (secondary N) is 2. The summed E-state index contributed by atoms with van der Waals surface area (Å²) >= 11 is 0. The number of benzene rings is 1. The second-order valence-electron chi connectivity index (χ2n) is 5.53. The van der Waals surface area contributed by atoms with Crippen LogP contribution in [-0.4, -0.2) is 24.5 Å². The van der Waals surface area contributed by atoms with E-state index >= 15 is 0 Å². The molecule has 0 aliphatic carbocycles. The Bertz CT molecular complexity index is 602. The van der Waals surface area contributed by atoms with E-state index in [-0.39, 0.29) is 30.3 Å². The lowest BCUT2D eigenvalue weighted by atomic mass is 9.97. The Hall–Kier alpha value is -1.59. The number of oxazole rings is 1.